The molecule has 0 saturated carbocycles. The first-order valence-electron chi connectivity index (χ1n) is 6.85. The molecule has 0 saturated heterocycles. The van der Waals surface area contributed by atoms with E-state index in [4.69, 9.17) is 4.74 Å². The summed E-state index contributed by atoms with van der Waals surface area (Å²) < 4.78 is 5.21. The number of hydrogen-bond acceptors (Lipinski definition) is 3. The fourth-order valence-electron chi connectivity index (χ4n) is 1.83. The van der Waals surface area contributed by atoms with E-state index >= 15 is 0 Å². The third-order valence-corrected chi connectivity index (χ3v) is 3.23. The largest absolute Gasteiger partial charge is 0.497 e. The maximum Gasteiger partial charge on any atom is 0.133 e. The second kappa shape index (κ2) is 7.53. The van der Waals surface area contributed by atoms with E-state index in [9.17, 15) is 0 Å². The molecule has 0 fully saturated rings. The fraction of sp³-hybridized carbons (Fsp3) is 0.353. The number of ether oxygens (including phenoxy) is 1. The van der Waals surface area contributed by atoms with Crippen molar-refractivity contribution in [2.45, 2.75) is 33.2 Å². The Labute approximate surface area is 121 Å². The lowest BCUT2D eigenvalue weighted by atomic mass is 10.1. The number of nitrogens with zero attached hydrogens (tertiary/aromatic N) is 1. The molecule has 20 heavy (non-hydrogen) atoms. The molecule has 1 aromatic rings. The van der Waals surface area contributed by atoms with Gasteiger partial charge in [-0.2, -0.15) is 0 Å². The van der Waals surface area contributed by atoms with Gasteiger partial charge in [0.05, 0.1) is 7.11 Å². The topological polar surface area (TPSA) is 33.6 Å². The van der Waals surface area contributed by atoms with E-state index in [2.05, 4.69) is 37.3 Å². The van der Waals surface area contributed by atoms with Crippen LogP contribution < -0.4 is 15.8 Å². The normalized spacial score (nSPS) is 14.0. The molecule has 0 radical (unpaired) electrons. The molecule has 0 aromatic heterocycles. The summed E-state index contributed by atoms with van der Waals surface area (Å²) in [5, 5.41) is 5.26. The number of nitrogens with one attached hydrogen (secondary N) is 1. The third-order valence-electron chi connectivity index (χ3n) is 3.23. The molecule has 0 aliphatic rings. The first-order chi connectivity index (χ1) is 9.54. The monoisotopic (exact) mass is 272 g/mol. The Kier molecular flexibility index (Phi) is 6.04. The summed E-state index contributed by atoms with van der Waals surface area (Å²) in [6.07, 6.45) is 2.81. The molecular weight excluding hydrogens is 248 g/mol. The van der Waals surface area contributed by atoms with Crippen LogP contribution in [0.1, 0.15) is 32.8 Å². The molecule has 1 unspecified atom stereocenters. The maximum atomic E-state index is 5.21. The summed E-state index contributed by atoms with van der Waals surface area (Å²) in [5.41, 5.74) is 0.903. The van der Waals surface area contributed by atoms with Crippen LogP contribution in [0, 0.1) is 0 Å². The Morgan fingerprint density at radius 3 is 2.75 bits per heavy atom. The van der Waals surface area contributed by atoms with Crippen molar-refractivity contribution in [3.05, 3.63) is 40.8 Å². The van der Waals surface area contributed by atoms with Crippen molar-refractivity contribution < 1.29 is 4.74 Å². The van der Waals surface area contributed by atoms with Gasteiger partial charge in [0, 0.05) is 23.0 Å². The Morgan fingerprint density at radius 2 is 2.20 bits per heavy atom. The van der Waals surface area contributed by atoms with Crippen LogP contribution in [0.3, 0.4) is 0 Å². The minimum atomic E-state index is 0.349. The molecule has 0 amide bonds. The van der Waals surface area contributed by atoms with Gasteiger partial charge in [0.1, 0.15) is 11.6 Å². The zero-order valence-corrected chi connectivity index (χ0v) is 12.9. The molecule has 0 bridgehead atoms. The number of benzene rings is 1. The minimum Gasteiger partial charge on any atom is -0.497 e. The van der Waals surface area contributed by atoms with Gasteiger partial charge in [-0.25, -0.2) is 4.99 Å². The van der Waals surface area contributed by atoms with Gasteiger partial charge in [0.2, 0.25) is 0 Å². The first-order valence-corrected chi connectivity index (χ1v) is 6.85. The Morgan fingerprint density at radius 1 is 1.50 bits per heavy atom. The predicted molar refractivity (Wildman–Crippen MR) is 87.7 cm³/mol. The van der Waals surface area contributed by atoms with Gasteiger partial charge in [-0.15, -0.1) is 0 Å². The van der Waals surface area contributed by atoms with Gasteiger partial charge < -0.3 is 10.1 Å². The SMILES string of the molecule is C=C(OC)c1ccc/c(=C(/N=CC)NC(C)CC)c1=C. The van der Waals surface area contributed by atoms with Crippen LogP contribution in [0.4, 0.5) is 0 Å². The van der Waals surface area contributed by atoms with E-state index in [0.717, 1.165) is 28.2 Å². The average molecular weight is 272 g/mol. The third kappa shape index (κ3) is 3.73. The number of methoxy groups -OCH3 is 1. The molecule has 0 spiro atoms. The number of rotatable bonds is 6. The van der Waals surface area contributed by atoms with E-state index in [1.807, 2.05) is 25.1 Å². The van der Waals surface area contributed by atoms with Crippen LogP contribution >= 0.6 is 0 Å². The van der Waals surface area contributed by atoms with Gasteiger partial charge in [-0.3, -0.25) is 0 Å². The molecule has 0 aliphatic carbocycles. The van der Waals surface area contributed by atoms with Gasteiger partial charge in [0.15, 0.2) is 0 Å². The highest BCUT2D eigenvalue weighted by molar-refractivity contribution is 5.64. The predicted octanol–water partition coefficient (Wildman–Crippen LogP) is 2.26. The molecule has 0 aliphatic heterocycles. The van der Waals surface area contributed by atoms with Gasteiger partial charge in [-0.1, -0.05) is 38.3 Å². The van der Waals surface area contributed by atoms with E-state index in [1.54, 1.807) is 13.3 Å². The van der Waals surface area contributed by atoms with Crippen molar-refractivity contribution in [3.63, 3.8) is 0 Å². The summed E-state index contributed by atoms with van der Waals surface area (Å²) in [6.45, 7) is 14.2. The molecule has 1 aromatic carbocycles. The van der Waals surface area contributed by atoms with Crippen molar-refractivity contribution in [3.8, 4) is 0 Å². The summed E-state index contributed by atoms with van der Waals surface area (Å²) in [6, 6.07) is 6.27. The smallest absolute Gasteiger partial charge is 0.133 e. The zero-order valence-electron chi connectivity index (χ0n) is 12.9. The lowest BCUT2D eigenvalue weighted by Crippen LogP contribution is -2.35. The molecule has 108 valence electrons. The minimum absolute atomic E-state index is 0.349. The highest BCUT2D eigenvalue weighted by atomic mass is 16.5. The highest BCUT2D eigenvalue weighted by Crippen LogP contribution is 2.05. The van der Waals surface area contributed by atoms with Gasteiger partial charge in [-0.05, 0) is 25.5 Å². The van der Waals surface area contributed by atoms with Crippen molar-refractivity contribution in [1.29, 1.82) is 0 Å². The average Bonchev–Trinajstić information content (AvgIpc) is 2.46. The fourth-order valence-corrected chi connectivity index (χ4v) is 1.83. The van der Waals surface area contributed by atoms with Crippen LogP contribution in [-0.4, -0.2) is 19.4 Å². The zero-order chi connectivity index (χ0) is 15.1. The van der Waals surface area contributed by atoms with Gasteiger partial charge >= 0.3 is 0 Å². The van der Waals surface area contributed by atoms with Crippen LogP contribution in [0.5, 0.6) is 0 Å². The van der Waals surface area contributed by atoms with E-state index < -0.39 is 0 Å². The second-order valence-electron chi connectivity index (χ2n) is 4.65. The quantitative estimate of drug-likeness (QED) is 0.636. The van der Waals surface area contributed by atoms with Crippen LogP contribution in [0.25, 0.3) is 18.2 Å². The van der Waals surface area contributed by atoms with Gasteiger partial charge in [0.25, 0.3) is 0 Å². The molecule has 3 nitrogen and oxygen atoms in total. The van der Waals surface area contributed by atoms with E-state index in [1.165, 1.54) is 0 Å². The Balaban J connectivity index is 3.49. The number of hydrogen-bond donors (Lipinski definition) is 1. The molecule has 1 atom stereocenters. The summed E-state index contributed by atoms with van der Waals surface area (Å²) >= 11 is 0. The summed E-state index contributed by atoms with van der Waals surface area (Å²) in [7, 11) is 1.61. The molecular formula is C17H24N2O. The van der Waals surface area contributed by atoms with Crippen LogP contribution in [0.2, 0.25) is 0 Å². The van der Waals surface area contributed by atoms with Crippen molar-refractivity contribution in [2.75, 3.05) is 7.11 Å². The molecule has 1 N–H and O–H groups in total. The lowest BCUT2D eigenvalue weighted by molar-refractivity contribution is 0.371. The Bertz CT molecular complexity index is 602. The molecule has 3 heteroatoms. The number of aliphatic imine (C=N–C) groups is 1. The first kappa shape index (κ1) is 16.0. The molecule has 1 rings (SSSR count). The van der Waals surface area contributed by atoms with Crippen molar-refractivity contribution in [2.24, 2.45) is 4.99 Å². The van der Waals surface area contributed by atoms with Crippen LogP contribution in [-0.2, 0) is 4.74 Å². The van der Waals surface area contributed by atoms with Crippen LogP contribution in [0.15, 0.2) is 29.8 Å². The van der Waals surface area contributed by atoms with E-state index in [-0.39, 0.29) is 0 Å². The molecule has 0 heterocycles. The van der Waals surface area contributed by atoms with Crippen molar-refractivity contribution in [1.82, 2.24) is 5.32 Å². The van der Waals surface area contributed by atoms with Crippen molar-refractivity contribution >= 4 is 24.4 Å². The second-order valence-corrected chi connectivity index (χ2v) is 4.65. The highest BCUT2D eigenvalue weighted by Gasteiger charge is 2.05. The maximum absolute atomic E-state index is 5.21. The standard InChI is InChI=1S/C17H24N2O/c1-7-12(3)19-17(18-8-2)16-11-9-10-15(13(16)4)14(5)20-6/h8-12,19H,4-5,7H2,1-3,6H3/b17-16+,18-8?. The summed E-state index contributed by atoms with van der Waals surface area (Å²) in [5.74, 6) is 1.44. The van der Waals surface area contributed by atoms with E-state index in [0.29, 0.717) is 11.8 Å². The Hall–Kier alpha value is -2.03. The summed E-state index contributed by atoms with van der Waals surface area (Å²) in [4.78, 5) is 4.44. The lowest BCUT2D eigenvalue weighted by Gasteiger charge is -2.14.